The lowest BCUT2D eigenvalue weighted by Gasteiger charge is -2.15. The van der Waals surface area contributed by atoms with Crippen LogP contribution in [0.5, 0.6) is 0 Å². The van der Waals surface area contributed by atoms with Crippen LogP contribution < -0.4 is 10.6 Å². The van der Waals surface area contributed by atoms with Gasteiger partial charge in [-0.05, 0) is 64.2 Å². The minimum atomic E-state index is 0. The lowest BCUT2D eigenvalue weighted by Crippen LogP contribution is -2.38. The molecule has 2 aliphatic rings. The molecule has 0 aromatic heterocycles. The molecule has 134 valence electrons. The Hall–Kier alpha value is -0.300. The third-order valence-electron chi connectivity index (χ3n) is 4.23. The molecule has 0 atom stereocenters. The van der Waals surface area contributed by atoms with Crippen LogP contribution in [-0.4, -0.2) is 38.8 Å². The van der Waals surface area contributed by atoms with Gasteiger partial charge in [-0.1, -0.05) is 11.6 Å². The summed E-state index contributed by atoms with van der Waals surface area (Å²) in [6.07, 6.45) is 12.6. The number of halogens is 1. The highest BCUT2D eigenvalue weighted by atomic mass is 127. The summed E-state index contributed by atoms with van der Waals surface area (Å²) in [5.41, 5.74) is 1.61. The number of nitrogens with one attached hydrogen (secondary N) is 2. The maximum atomic E-state index is 5.64. The number of hydrogen-bond donors (Lipinski definition) is 2. The molecular formula is C18H34IN3O. The van der Waals surface area contributed by atoms with E-state index in [9.17, 15) is 0 Å². The van der Waals surface area contributed by atoms with E-state index in [1.54, 1.807) is 5.57 Å². The summed E-state index contributed by atoms with van der Waals surface area (Å²) in [7, 11) is 0. The first-order valence-electron chi connectivity index (χ1n) is 9.16. The van der Waals surface area contributed by atoms with Crippen molar-refractivity contribution in [3.63, 3.8) is 0 Å². The van der Waals surface area contributed by atoms with Crippen LogP contribution in [0.2, 0.25) is 0 Å². The lowest BCUT2D eigenvalue weighted by atomic mass is 9.97. The van der Waals surface area contributed by atoms with E-state index in [2.05, 4.69) is 28.6 Å². The maximum absolute atomic E-state index is 5.64. The van der Waals surface area contributed by atoms with E-state index in [0.29, 0.717) is 0 Å². The second-order valence-corrected chi connectivity index (χ2v) is 6.42. The summed E-state index contributed by atoms with van der Waals surface area (Å²) in [5, 5.41) is 6.76. The molecule has 0 spiro atoms. The zero-order valence-electron chi connectivity index (χ0n) is 14.6. The largest absolute Gasteiger partial charge is 0.381 e. The summed E-state index contributed by atoms with van der Waals surface area (Å²) >= 11 is 0. The van der Waals surface area contributed by atoms with Crippen molar-refractivity contribution >= 4 is 29.9 Å². The fourth-order valence-corrected chi connectivity index (χ4v) is 2.71. The highest BCUT2D eigenvalue weighted by Gasteiger charge is 2.20. The Morgan fingerprint density at radius 1 is 1.30 bits per heavy atom. The molecule has 2 N–H and O–H groups in total. The fraction of sp³-hybridized carbons (Fsp3) is 0.833. The first-order chi connectivity index (χ1) is 10.9. The molecule has 5 heteroatoms. The van der Waals surface area contributed by atoms with Crippen molar-refractivity contribution < 1.29 is 4.74 Å². The van der Waals surface area contributed by atoms with Crippen LogP contribution in [0, 0.1) is 5.92 Å². The minimum Gasteiger partial charge on any atom is -0.381 e. The number of ether oxygens (including phenoxy) is 1. The minimum absolute atomic E-state index is 0. The lowest BCUT2D eigenvalue weighted by molar-refractivity contribution is 0.123. The van der Waals surface area contributed by atoms with Crippen molar-refractivity contribution in [2.45, 2.75) is 58.3 Å². The van der Waals surface area contributed by atoms with Crippen LogP contribution in [0.1, 0.15) is 58.3 Å². The van der Waals surface area contributed by atoms with Gasteiger partial charge >= 0.3 is 0 Å². The maximum Gasteiger partial charge on any atom is 0.191 e. The van der Waals surface area contributed by atoms with Gasteiger partial charge in [0.05, 0.1) is 0 Å². The van der Waals surface area contributed by atoms with Crippen molar-refractivity contribution in [3.05, 3.63) is 11.6 Å². The van der Waals surface area contributed by atoms with Gasteiger partial charge < -0.3 is 15.4 Å². The summed E-state index contributed by atoms with van der Waals surface area (Å²) in [5.74, 6) is 1.80. The van der Waals surface area contributed by atoms with Gasteiger partial charge in [-0.25, -0.2) is 0 Å². The third-order valence-corrected chi connectivity index (χ3v) is 4.23. The molecule has 4 nitrogen and oxygen atoms in total. The van der Waals surface area contributed by atoms with Crippen LogP contribution >= 0.6 is 24.0 Å². The summed E-state index contributed by atoms with van der Waals surface area (Å²) < 4.78 is 5.64. The van der Waals surface area contributed by atoms with E-state index in [0.717, 1.165) is 57.6 Å². The molecule has 1 fully saturated rings. The molecule has 23 heavy (non-hydrogen) atoms. The van der Waals surface area contributed by atoms with Crippen molar-refractivity contribution in [3.8, 4) is 0 Å². The number of guanidine groups is 1. The first-order valence-corrected chi connectivity index (χ1v) is 9.16. The van der Waals surface area contributed by atoms with E-state index in [1.807, 2.05) is 0 Å². The number of allylic oxidation sites excluding steroid dienone is 1. The van der Waals surface area contributed by atoms with Crippen molar-refractivity contribution in [1.82, 2.24) is 10.6 Å². The molecular weight excluding hydrogens is 401 g/mol. The number of nitrogens with zero attached hydrogens (tertiary/aromatic N) is 1. The highest BCUT2D eigenvalue weighted by Crippen LogP contribution is 2.28. The topological polar surface area (TPSA) is 45.7 Å². The van der Waals surface area contributed by atoms with E-state index in [1.165, 1.54) is 38.5 Å². The molecule has 2 aliphatic carbocycles. The smallest absolute Gasteiger partial charge is 0.191 e. The molecule has 0 unspecified atom stereocenters. The van der Waals surface area contributed by atoms with Gasteiger partial charge in [-0.3, -0.25) is 4.99 Å². The number of rotatable bonds is 10. The van der Waals surface area contributed by atoms with E-state index in [-0.39, 0.29) is 24.0 Å². The number of aliphatic imine (C=N–C) groups is 1. The standard InChI is InChI=1S/C18H33N3O.HI/c1-2-19-18(20-12-6-14-22-15-17-9-10-17)21-13-11-16-7-4-3-5-8-16;/h7,17H,2-6,8-15H2,1H3,(H2,19,20,21);1H. The molecule has 1 saturated carbocycles. The summed E-state index contributed by atoms with van der Waals surface area (Å²) in [6.45, 7) is 6.63. The van der Waals surface area contributed by atoms with E-state index >= 15 is 0 Å². The number of hydrogen-bond acceptors (Lipinski definition) is 2. The Bertz CT molecular complexity index is 367. The Kier molecular flexibility index (Phi) is 11.8. The predicted octanol–water partition coefficient (Wildman–Crippen LogP) is 3.87. The van der Waals surface area contributed by atoms with Crippen LogP contribution in [0.4, 0.5) is 0 Å². The quantitative estimate of drug-likeness (QED) is 0.180. The predicted molar refractivity (Wildman–Crippen MR) is 109 cm³/mol. The van der Waals surface area contributed by atoms with Gasteiger partial charge in [0.1, 0.15) is 0 Å². The van der Waals surface area contributed by atoms with Crippen LogP contribution in [0.3, 0.4) is 0 Å². The Morgan fingerprint density at radius 2 is 2.17 bits per heavy atom. The second kappa shape index (κ2) is 13.0. The van der Waals surface area contributed by atoms with Crippen molar-refractivity contribution in [1.29, 1.82) is 0 Å². The van der Waals surface area contributed by atoms with Crippen LogP contribution in [-0.2, 0) is 4.74 Å². The van der Waals surface area contributed by atoms with Gasteiger partial charge in [0, 0.05) is 32.8 Å². The van der Waals surface area contributed by atoms with Gasteiger partial charge in [0.2, 0.25) is 0 Å². The fourth-order valence-electron chi connectivity index (χ4n) is 2.71. The zero-order valence-corrected chi connectivity index (χ0v) is 16.9. The van der Waals surface area contributed by atoms with Crippen molar-refractivity contribution in [2.75, 3.05) is 32.8 Å². The normalized spacial score (nSPS) is 18.1. The van der Waals surface area contributed by atoms with E-state index < -0.39 is 0 Å². The zero-order chi connectivity index (χ0) is 15.5. The van der Waals surface area contributed by atoms with E-state index in [4.69, 9.17) is 4.74 Å². The highest BCUT2D eigenvalue weighted by molar-refractivity contribution is 14.0. The molecule has 0 aromatic rings. The Labute approximate surface area is 158 Å². The van der Waals surface area contributed by atoms with Crippen LogP contribution in [0.25, 0.3) is 0 Å². The summed E-state index contributed by atoms with van der Waals surface area (Å²) in [4.78, 5) is 4.62. The average molecular weight is 435 g/mol. The first kappa shape index (κ1) is 20.7. The Morgan fingerprint density at radius 3 is 2.87 bits per heavy atom. The second-order valence-electron chi connectivity index (χ2n) is 6.42. The molecule has 0 heterocycles. The third kappa shape index (κ3) is 10.2. The average Bonchev–Trinajstić information content (AvgIpc) is 3.36. The monoisotopic (exact) mass is 435 g/mol. The molecule has 0 aromatic carbocycles. The van der Waals surface area contributed by atoms with Crippen LogP contribution in [0.15, 0.2) is 16.6 Å². The van der Waals surface area contributed by atoms with Crippen molar-refractivity contribution in [2.24, 2.45) is 10.9 Å². The van der Waals surface area contributed by atoms with Gasteiger partial charge in [0.25, 0.3) is 0 Å². The van der Waals surface area contributed by atoms with Gasteiger partial charge in [-0.15, -0.1) is 24.0 Å². The summed E-state index contributed by atoms with van der Waals surface area (Å²) in [6, 6.07) is 0. The molecule has 0 radical (unpaired) electrons. The van der Waals surface area contributed by atoms with Gasteiger partial charge in [-0.2, -0.15) is 0 Å². The van der Waals surface area contributed by atoms with Gasteiger partial charge in [0.15, 0.2) is 5.96 Å². The molecule has 0 bridgehead atoms. The molecule has 0 aliphatic heterocycles. The SMILES string of the molecule is CCNC(=NCCCOCC1CC1)NCCC1=CCCCC1.I. The molecule has 2 rings (SSSR count). The Balaban J connectivity index is 0.00000264. The molecule has 0 amide bonds. The molecule has 0 saturated heterocycles.